The molecule has 7 heteroatoms. The van der Waals surface area contributed by atoms with Gasteiger partial charge in [-0.05, 0) is 50.2 Å². The predicted molar refractivity (Wildman–Crippen MR) is 134 cm³/mol. The lowest BCUT2D eigenvalue weighted by Crippen LogP contribution is -2.45. The highest BCUT2D eigenvalue weighted by atomic mass is 16.2. The summed E-state index contributed by atoms with van der Waals surface area (Å²) in [5.41, 5.74) is 3.30. The van der Waals surface area contributed by atoms with E-state index in [0.717, 1.165) is 38.4 Å². The van der Waals surface area contributed by atoms with Gasteiger partial charge in [-0.15, -0.1) is 0 Å². The van der Waals surface area contributed by atoms with Crippen molar-refractivity contribution < 1.29 is 9.59 Å². The number of anilines is 2. The third-order valence-electron chi connectivity index (χ3n) is 5.77. The molecule has 2 N–H and O–H groups in total. The summed E-state index contributed by atoms with van der Waals surface area (Å²) >= 11 is 0. The summed E-state index contributed by atoms with van der Waals surface area (Å²) in [6.45, 7) is 11.9. The average molecular weight is 452 g/mol. The van der Waals surface area contributed by atoms with Crippen molar-refractivity contribution in [3.63, 3.8) is 0 Å². The van der Waals surface area contributed by atoms with Crippen LogP contribution in [0.25, 0.3) is 0 Å². The van der Waals surface area contributed by atoms with Crippen LogP contribution < -0.4 is 15.5 Å². The molecular formula is C26H37N5O2. The highest BCUT2D eigenvalue weighted by Crippen LogP contribution is 2.20. The topological polar surface area (TPSA) is 67.9 Å². The van der Waals surface area contributed by atoms with Gasteiger partial charge in [-0.3, -0.25) is 19.4 Å². The summed E-state index contributed by atoms with van der Waals surface area (Å²) in [7, 11) is 0. The van der Waals surface area contributed by atoms with E-state index in [-0.39, 0.29) is 30.9 Å². The molecule has 1 fully saturated rings. The van der Waals surface area contributed by atoms with E-state index in [4.69, 9.17) is 0 Å². The lowest BCUT2D eigenvalue weighted by Gasteiger charge is -2.36. The quantitative estimate of drug-likeness (QED) is 0.582. The molecule has 0 saturated carbocycles. The maximum absolute atomic E-state index is 12.5. The van der Waals surface area contributed by atoms with Crippen LogP contribution in [0.15, 0.2) is 54.6 Å². The zero-order valence-corrected chi connectivity index (χ0v) is 20.1. The van der Waals surface area contributed by atoms with E-state index in [2.05, 4.69) is 62.9 Å². The SMILES string of the molecule is CCN(CC(=O)Nc1ccc(N2CCN(Cc3ccccc3)CC2)cc1)CC(=O)NC(C)C. The molecule has 0 spiro atoms. The molecule has 1 saturated heterocycles. The van der Waals surface area contributed by atoms with Crippen LogP contribution in [0.3, 0.4) is 0 Å². The van der Waals surface area contributed by atoms with Crippen LogP contribution in [0.2, 0.25) is 0 Å². The van der Waals surface area contributed by atoms with Crippen molar-refractivity contribution in [3.05, 3.63) is 60.2 Å². The first-order valence-electron chi connectivity index (χ1n) is 11.9. The van der Waals surface area contributed by atoms with Gasteiger partial charge in [0.2, 0.25) is 11.8 Å². The number of carbonyl (C=O) groups is 2. The Labute approximate surface area is 197 Å². The minimum atomic E-state index is -0.114. The Bertz CT molecular complexity index is 877. The summed E-state index contributed by atoms with van der Waals surface area (Å²) < 4.78 is 0. The molecule has 3 rings (SSSR count). The summed E-state index contributed by atoms with van der Waals surface area (Å²) in [6.07, 6.45) is 0. The van der Waals surface area contributed by atoms with Crippen LogP contribution in [0.4, 0.5) is 11.4 Å². The van der Waals surface area contributed by atoms with Crippen LogP contribution in [-0.2, 0) is 16.1 Å². The Morgan fingerprint density at radius 1 is 0.909 bits per heavy atom. The number of rotatable bonds is 10. The Morgan fingerprint density at radius 3 is 2.15 bits per heavy atom. The molecule has 0 aliphatic carbocycles. The Kier molecular flexibility index (Phi) is 9.27. The van der Waals surface area contributed by atoms with Crippen molar-refractivity contribution in [1.82, 2.24) is 15.1 Å². The highest BCUT2D eigenvalue weighted by molar-refractivity contribution is 5.92. The van der Waals surface area contributed by atoms with Crippen molar-refractivity contribution >= 4 is 23.2 Å². The monoisotopic (exact) mass is 451 g/mol. The van der Waals surface area contributed by atoms with E-state index in [1.54, 1.807) is 0 Å². The van der Waals surface area contributed by atoms with Crippen LogP contribution in [0, 0.1) is 0 Å². The molecule has 2 aromatic rings. The number of hydrogen-bond acceptors (Lipinski definition) is 5. The van der Waals surface area contributed by atoms with E-state index in [9.17, 15) is 9.59 Å². The maximum atomic E-state index is 12.5. The standard InChI is InChI=1S/C26H37N5O2/c1-4-29(19-25(32)27-21(2)3)20-26(33)28-23-10-12-24(13-11-23)31-16-14-30(15-17-31)18-22-8-6-5-7-9-22/h5-13,21H,4,14-20H2,1-3H3,(H,27,32)(H,28,33). The van der Waals surface area contributed by atoms with E-state index in [0.29, 0.717) is 6.54 Å². The molecule has 0 unspecified atom stereocenters. The summed E-state index contributed by atoms with van der Waals surface area (Å²) in [6, 6.07) is 18.7. The van der Waals surface area contributed by atoms with Crippen LogP contribution in [0.1, 0.15) is 26.3 Å². The third kappa shape index (κ3) is 8.18. The molecule has 33 heavy (non-hydrogen) atoms. The molecule has 7 nitrogen and oxygen atoms in total. The maximum Gasteiger partial charge on any atom is 0.238 e. The van der Waals surface area contributed by atoms with Crippen LogP contribution >= 0.6 is 0 Å². The lowest BCUT2D eigenvalue weighted by molar-refractivity contribution is -0.123. The number of nitrogens with zero attached hydrogens (tertiary/aromatic N) is 3. The molecule has 0 radical (unpaired) electrons. The number of likely N-dealkylation sites (N-methyl/N-ethyl adjacent to an activating group) is 1. The van der Waals surface area contributed by atoms with Crippen LogP contribution in [0.5, 0.6) is 0 Å². The Morgan fingerprint density at radius 2 is 1.55 bits per heavy atom. The van der Waals surface area contributed by atoms with E-state index in [1.165, 1.54) is 11.3 Å². The van der Waals surface area contributed by atoms with Gasteiger partial charge in [-0.25, -0.2) is 0 Å². The number of hydrogen-bond donors (Lipinski definition) is 2. The Balaban J connectivity index is 1.44. The summed E-state index contributed by atoms with van der Waals surface area (Å²) in [4.78, 5) is 31.1. The molecule has 2 amide bonds. The van der Waals surface area contributed by atoms with Crippen molar-refractivity contribution in [2.75, 3.05) is 56.0 Å². The van der Waals surface area contributed by atoms with Crippen LogP contribution in [-0.4, -0.2) is 73.5 Å². The molecule has 0 bridgehead atoms. The highest BCUT2D eigenvalue weighted by Gasteiger charge is 2.18. The number of amides is 2. The molecule has 178 valence electrons. The Hall–Kier alpha value is -2.90. The third-order valence-corrected chi connectivity index (χ3v) is 5.77. The molecule has 1 heterocycles. The van der Waals surface area contributed by atoms with Crippen molar-refractivity contribution in [3.8, 4) is 0 Å². The number of benzene rings is 2. The first kappa shape index (κ1) is 24.7. The molecule has 0 aromatic heterocycles. The van der Waals surface area contributed by atoms with Gasteiger partial charge in [0.25, 0.3) is 0 Å². The molecule has 0 atom stereocenters. The largest absolute Gasteiger partial charge is 0.369 e. The second kappa shape index (κ2) is 12.4. The second-order valence-electron chi connectivity index (χ2n) is 8.87. The van der Waals surface area contributed by atoms with Crippen molar-refractivity contribution in [2.45, 2.75) is 33.4 Å². The molecule has 1 aliphatic heterocycles. The van der Waals surface area contributed by atoms with Crippen molar-refractivity contribution in [1.29, 1.82) is 0 Å². The number of nitrogens with one attached hydrogen (secondary N) is 2. The summed E-state index contributed by atoms with van der Waals surface area (Å²) in [5.74, 6) is -0.177. The van der Waals surface area contributed by atoms with Gasteiger partial charge in [0, 0.05) is 50.1 Å². The van der Waals surface area contributed by atoms with Gasteiger partial charge in [0.05, 0.1) is 13.1 Å². The van der Waals surface area contributed by atoms with Gasteiger partial charge >= 0.3 is 0 Å². The summed E-state index contributed by atoms with van der Waals surface area (Å²) in [5, 5.41) is 5.81. The smallest absolute Gasteiger partial charge is 0.238 e. The van der Waals surface area contributed by atoms with Gasteiger partial charge in [-0.1, -0.05) is 37.3 Å². The van der Waals surface area contributed by atoms with E-state index < -0.39 is 0 Å². The number of carbonyl (C=O) groups excluding carboxylic acids is 2. The number of piperazine rings is 1. The zero-order chi connectivity index (χ0) is 23.6. The van der Waals surface area contributed by atoms with Crippen molar-refractivity contribution in [2.24, 2.45) is 0 Å². The van der Waals surface area contributed by atoms with Gasteiger partial charge in [0.1, 0.15) is 0 Å². The van der Waals surface area contributed by atoms with E-state index >= 15 is 0 Å². The predicted octanol–water partition coefficient (Wildman–Crippen LogP) is 2.79. The minimum absolute atomic E-state index is 0.0622. The van der Waals surface area contributed by atoms with E-state index in [1.807, 2.05) is 37.8 Å². The molecule has 1 aliphatic rings. The van der Waals surface area contributed by atoms with Gasteiger partial charge in [0.15, 0.2) is 0 Å². The van der Waals surface area contributed by atoms with Gasteiger partial charge < -0.3 is 15.5 Å². The average Bonchev–Trinajstić information content (AvgIpc) is 2.80. The first-order chi connectivity index (χ1) is 15.9. The fourth-order valence-corrected chi connectivity index (χ4v) is 4.02. The normalized spacial score (nSPS) is 14.5. The zero-order valence-electron chi connectivity index (χ0n) is 20.1. The fraction of sp³-hybridized carbons (Fsp3) is 0.462. The van der Waals surface area contributed by atoms with Gasteiger partial charge in [-0.2, -0.15) is 0 Å². The second-order valence-corrected chi connectivity index (χ2v) is 8.87. The lowest BCUT2D eigenvalue weighted by atomic mass is 10.2. The molecular weight excluding hydrogens is 414 g/mol. The minimum Gasteiger partial charge on any atom is -0.369 e. The fourth-order valence-electron chi connectivity index (χ4n) is 4.02. The first-order valence-corrected chi connectivity index (χ1v) is 11.9. The molecule has 2 aromatic carbocycles.